The largest absolute Gasteiger partial charge is 0.369 e. The Morgan fingerprint density at radius 2 is 1.85 bits per heavy atom. The van der Waals surface area contributed by atoms with Crippen LogP contribution in [0.3, 0.4) is 0 Å². The van der Waals surface area contributed by atoms with Crippen LogP contribution < -0.4 is 10.6 Å². The van der Waals surface area contributed by atoms with Crippen LogP contribution >= 0.6 is 23.2 Å². The van der Waals surface area contributed by atoms with E-state index in [0.717, 1.165) is 5.56 Å². The maximum atomic E-state index is 13.7. The Balaban J connectivity index is 2.37. The first-order valence-corrected chi connectivity index (χ1v) is 6.90. The average molecular weight is 314 g/mol. The summed E-state index contributed by atoms with van der Waals surface area (Å²) in [5.74, 6) is 0.499. The summed E-state index contributed by atoms with van der Waals surface area (Å²) in [6.45, 7) is 4.48. The van der Waals surface area contributed by atoms with E-state index >= 15 is 0 Å². The first-order chi connectivity index (χ1) is 9.51. The lowest BCUT2D eigenvalue weighted by molar-refractivity contribution is 0.631. The Labute approximate surface area is 127 Å². The summed E-state index contributed by atoms with van der Waals surface area (Å²) < 4.78 is 13.7. The molecule has 0 bridgehead atoms. The minimum Gasteiger partial charge on any atom is -0.369 e. The van der Waals surface area contributed by atoms with Crippen molar-refractivity contribution in [3.05, 3.63) is 45.7 Å². The van der Waals surface area contributed by atoms with Crippen molar-refractivity contribution in [3.63, 3.8) is 0 Å². The molecule has 0 spiro atoms. The van der Waals surface area contributed by atoms with Gasteiger partial charge in [0.1, 0.15) is 11.6 Å². The van der Waals surface area contributed by atoms with E-state index in [1.807, 2.05) is 13.8 Å². The molecule has 106 valence electrons. The predicted molar refractivity (Wildman–Crippen MR) is 82.8 cm³/mol. The van der Waals surface area contributed by atoms with Gasteiger partial charge in [0, 0.05) is 6.54 Å². The summed E-state index contributed by atoms with van der Waals surface area (Å²) in [6.07, 6.45) is 0. The number of halogens is 3. The van der Waals surface area contributed by atoms with E-state index in [2.05, 4.69) is 15.6 Å². The molecule has 0 saturated heterocycles. The molecule has 0 aliphatic rings. The summed E-state index contributed by atoms with van der Waals surface area (Å²) in [4.78, 5) is 4.27. The standard InChI is InChI=1S/C14H14Cl2FN3/c1-3-18-13-9(15)7-10(16)14(20-13)19-12-6-8(2)4-5-11(12)17/h4-7H,3H2,1-2H3,(H2,18,19,20). The van der Waals surface area contributed by atoms with Gasteiger partial charge in [0.15, 0.2) is 5.82 Å². The molecule has 6 heteroatoms. The first kappa shape index (κ1) is 14.9. The second kappa shape index (κ2) is 6.29. The number of rotatable bonds is 4. The van der Waals surface area contributed by atoms with E-state index in [1.165, 1.54) is 6.07 Å². The Morgan fingerprint density at radius 3 is 2.55 bits per heavy atom. The SMILES string of the molecule is CCNc1nc(Nc2cc(C)ccc2F)c(Cl)cc1Cl. The molecule has 2 rings (SSSR count). The zero-order chi connectivity index (χ0) is 14.7. The summed E-state index contributed by atoms with van der Waals surface area (Å²) >= 11 is 12.1. The molecule has 0 unspecified atom stereocenters. The molecule has 0 radical (unpaired) electrons. The van der Waals surface area contributed by atoms with Gasteiger partial charge in [-0.25, -0.2) is 9.37 Å². The molecule has 0 amide bonds. The van der Waals surface area contributed by atoms with E-state index in [-0.39, 0.29) is 5.82 Å². The highest BCUT2D eigenvalue weighted by Crippen LogP contribution is 2.31. The smallest absolute Gasteiger partial charge is 0.151 e. The summed E-state index contributed by atoms with van der Waals surface area (Å²) in [5, 5.41) is 6.66. The van der Waals surface area contributed by atoms with Crippen molar-refractivity contribution in [2.45, 2.75) is 13.8 Å². The van der Waals surface area contributed by atoms with Crippen molar-refractivity contribution in [2.75, 3.05) is 17.2 Å². The fourth-order valence-electron chi connectivity index (χ4n) is 1.71. The highest BCUT2D eigenvalue weighted by molar-refractivity contribution is 6.37. The van der Waals surface area contributed by atoms with Crippen LogP contribution in [0.5, 0.6) is 0 Å². The van der Waals surface area contributed by atoms with Crippen molar-refractivity contribution in [1.82, 2.24) is 4.98 Å². The van der Waals surface area contributed by atoms with Gasteiger partial charge in [0.2, 0.25) is 0 Å². The molecular weight excluding hydrogens is 300 g/mol. The van der Waals surface area contributed by atoms with Crippen LogP contribution in [0.2, 0.25) is 10.0 Å². The van der Waals surface area contributed by atoms with Crippen molar-refractivity contribution in [2.24, 2.45) is 0 Å². The average Bonchev–Trinajstić information content (AvgIpc) is 2.39. The highest BCUT2D eigenvalue weighted by atomic mass is 35.5. The highest BCUT2D eigenvalue weighted by Gasteiger charge is 2.11. The topological polar surface area (TPSA) is 37.0 Å². The fraction of sp³-hybridized carbons (Fsp3) is 0.214. The third kappa shape index (κ3) is 3.32. The number of nitrogens with zero attached hydrogens (tertiary/aromatic N) is 1. The molecule has 0 fully saturated rings. The third-order valence-electron chi connectivity index (χ3n) is 2.65. The number of aryl methyl sites for hydroxylation is 1. The van der Waals surface area contributed by atoms with Gasteiger partial charge in [-0.3, -0.25) is 0 Å². The lowest BCUT2D eigenvalue weighted by Crippen LogP contribution is -2.04. The van der Waals surface area contributed by atoms with E-state index in [1.54, 1.807) is 18.2 Å². The van der Waals surface area contributed by atoms with E-state index in [4.69, 9.17) is 23.2 Å². The molecule has 0 atom stereocenters. The molecule has 0 aliphatic carbocycles. The quantitative estimate of drug-likeness (QED) is 0.833. The molecule has 0 aliphatic heterocycles. The number of hydrogen-bond acceptors (Lipinski definition) is 3. The number of hydrogen-bond donors (Lipinski definition) is 2. The van der Waals surface area contributed by atoms with Crippen molar-refractivity contribution in [1.29, 1.82) is 0 Å². The Bertz CT molecular complexity index is 632. The molecule has 1 heterocycles. The number of aromatic nitrogens is 1. The predicted octanol–water partition coefficient (Wildman–Crippen LogP) is 5.01. The fourth-order valence-corrected chi connectivity index (χ4v) is 2.18. The second-order valence-corrected chi connectivity index (χ2v) is 5.10. The minimum atomic E-state index is -0.367. The third-order valence-corrected chi connectivity index (χ3v) is 3.22. The van der Waals surface area contributed by atoms with Gasteiger partial charge in [-0.2, -0.15) is 0 Å². The zero-order valence-electron chi connectivity index (χ0n) is 11.1. The molecule has 1 aromatic carbocycles. The molecule has 2 N–H and O–H groups in total. The number of nitrogens with one attached hydrogen (secondary N) is 2. The van der Waals surface area contributed by atoms with Gasteiger partial charge >= 0.3 is 0 Å². The van der Waals surface area contributed by atoms with Gasteiger partial charge in [-0.05, 0) is 37.6 Å². The summed E-state index contributed by atoms with van der Waals surface area (Å²) in [7, 11) is 0. The van der Waals surface area contributed by atoms with Crippen LogP contribution in [-0.4, -0.2) is 11.5 Å². The Kier molecular flexibility index (Phi) is 4.68. The molecule has 1 aromatic heterocycles. The monoisotopic (exact) mass is 313 g/mol. The van der Waals surface area contributed by atoms with Crippen LogP contribution in [0.4, 0.5) is 21.7 Å². The van der Waals surface area contributed by atoms with Gasteiger partial charge in [-0.1, -0.05) is 29.3 Å². The lowest BCUT2D eigenvalue weighted by atomic mass is 10.2. The van der Waals surface area contributed by atoms with E-state index < -0.39 is 0 Å². The van der Waals surface area contributed by atoms with Gasteiger partial charge in [0.05, 0.1) is 15.7 Å². The molecule has 3 nitrogen and oxygen atoms in total. The van der Waals surface area contributed by atoms with E-state index in [0.29, 0.717) is 33.9 Å². The van der Waals surface area contributed by atoms with Crippen molar-refractivity contribution >= 4 is 40.5 Å². The van der Waals surface area contributed by atoms with Gasteiger partial charge < -0.3 is 10.6 Å². The lowest BCUT2D eigenvalue weighted by Gasteiger charge is -2.12. The zero-order valence-corrected chi connectivity index (χ0v) is 12.6. The van der Waals surface area contributed by atoms with E-state index in [9.17, 15) is 4.39 Å². The van der Waals surface area contributed by atoms with Crippen molar-refractivity contribution < 1.29 is 4.39 Å². The van der Waals surface area contributed by atoms with Crippen LogP contribution in [0.15, 0.2) is 24.3 Å². The number of pyridine rings is 1. The van der Waals surface area contributed by atoms with Crippen LogP contribution in [0.25, 0.3) is 0 Å². The molecular formula is C14H14Cl2FN3. The van der Waals surface area contributed by atoms with Crippen LogP contribution in [0.1, 0.15) is 12.5 Å². The van der Waals surface area contributed by atoms with Crippen LogP contribution in [-0.2, 0) is 0 Å². The van der Waals surface area contributed by atoms with Gasteiger partial charge in [-0.15, -0.1) is 0 Å². The van der Waals surface area contributed by atoms with Crippen molar-refractivity contribution in [3.8, 4) is 0 Å². The van der Waals surface area contributed by atoms with Gasteiger partial charge in [0.25, 0.3) is 0 Å². The van der Waals surface area contributed by atoms with Crippen LogP contribution in [0, 0.1) is 12.7 Å². The maximum Gasteiger partial charge on any atom is 0.151 e. The summed E-state index contributed by atoms with van der Waals surface area (Å²) in [5.41, 5.74) is 1.26. The Morgan fingerprint density at radius 1 is 1.15 bits per heavy atom. The Hall–Kier alpha value is -1.52. The second-order valence-electron chi connectivity index (χ2n) is 4.29. The molecule has 20 heavy (non-hydrogen) atoms. The first-order valence-electron chi connectivity index (χ1n) is 6.14. The molecule has 0 saturated carbocycles. The number of anilines is 3. The summed E-state index contributed by atoms with van der Waals surface area (Å²) in [6, 6.07) is 6.35. The molecule has 2 aromatic rings. The minimum absolute atomic E-state index is 0.323. The maximum absolute atomic E-state index is 13.7. The number of benzene rings is 1. The normalized spacial score (nSPS) is 10.4.